The van der Waals surface area contributed by atoms with E-state index in [4.69, 9.17) is 16.3 Å². The van der Waals surface area contributed by atoms with Crippen molar-refractivity contribution in [1.29, 1.82) is 0 Å². The molecule has 40 heavy (non-hydrogen) atoms. The van der Waals surface area contributed by atoms with Crippen molar-refractivity contribution < 1.29 is 31.8 Å². The van der Waals surface area contributed by atoms with Crippen LogP contribution in [0.1, 0.15) is 44.2 Å². The molecule has 214 valence electrons. The molecule has 1 aliphatic heterocycles. The van der Waals surface area contributed by atoms with Gasteiger partial charge in [0, 0.05) is 47.7 Å². The van der Waals surface area contributed by atoms with Gasteiger partial charge in [0.2, 0.25) is 0 Å². The second kappa shape index (κ2) is 12.1. The van der Waals surface area contributed by atoms with Gasteiger partial charge in [-0.15, -0.1) is 13.2 Å². The fraction of sp³-hybridized carbons (Fsp3) is 0.367. The Labute approximate surface area is 236 Å². The molecule has 10 heteroatoms. The highest BCUT2D eigenvalue weighted by molar-refractivity contribution is 6.30. The van der Waals surface area contributed by atoms with Crippen LogP contribution in [0.15, 0.2) is 66.7 Å². The van der Waals surface area contributed by atoms with E-state index < -0.39 is 23.9 Å². The minimum Gasteiger partial charge on any atom is -0.444 e. The molecule has 1 N–H and O–H groups in total. The van der Waals surface area contributed by atoms with E-state index in [9.17, 15) is 22.4 Å². The minimum atomic E-state index is -4.90. The summed E-state index contributed by atoms with van der Waals surface area (Å²) in [6.45, 7) is 6.22. The predicted octanol–water partition coefficient (Wildman–Crippen LogP) is 7.93. The normalized spacial score (nSPS) is 17.9. The van der Waals surface area contributed by atoms with E-state index in [1.165, 1.54) is 30.3 Å². The number of rotatable bonds is 6. The fourth-order valence-electron chi connectivity index (χ4n) is 4.80. The van der Waals surface area contributed by atoms with Crippen LogP contribution < -0.4 is 10.1 Å². The van der Waals surface area contributed by atoms with Gasteiger partial charge in [-0.25, -0.2) is 9.18 Å². The number of likely N-dealkylation sites (tertiary alicyclic amines) is 1. The zero-order valence-electron chi connectivity index (χ0n) is 22.4. The Morgan fingerprint density at radius 1 is 1.05 bits per heavy atom. The Kier molecular flexibility index (Phi) is 8.95. The maximum absolute atomic E-state index is 14.6. The first-order valence-electron chi connectivity index (χ1n) is 12.9. The Morgan fingerprint density at radius 2 is 1.77 bits per heavy atom. The molecule has 4 rings (SSSR count). The van der Waals surface area contributed by atoms with Crippen LogP contribution in [-0.4, -0.2) is 42.1 Å². The number of hydrogen-bond acceptors (Lipinski definition) is 4. The minimum absolute atomic E-state index is 0.0227. The standard InChI is InChI=1S/C30H31ClF4N2O3/c1-29(2,3)40-28(38)37-14-13-26(24(18-37)19-7-5-4-6-8-19)36-17-21-15-20(9-12-27(21)39-30(33,34)35)23-11-10-22(31)16-25(23)32/h4-12,15-16,24,26,36H,13-14,17-18H2,1-3H3/t24-,26-/m0/s1. The number of carbonyl (C=O) groups is 1. The quantitative estimate of drug-likeness (QED) is 0.302. The molecule has 2 atom stereocenters. The molecule has 1 heterocycles. The Morgan fingerprint density at radius 3 is 2.42 bits per heavy atom. The third-order valence-corrected chi connectivity index (χ3v) is 6.81. The molecule has 0 aromatic heterocycles. The largest absolute Gasteiger partial charge is 0.573 e. The van der Waals surface area contributed by atoms with Crippen LogP contribution in [0.2, 0.25) is 5.02 Å². The number of benzene rings is 3. The Balaban J connectivity index is 1.60. The third kappa shape index (κ3) is 7.88. The summed E-state index contributed by atoms with van der Waals surface area (Å²) in [5.41, 5.74) is 1.15. The fourth-order valence-corrected chi connectivity index (χ4v) is 4.96. The van der Waals surface area contributed by atoms with Crippen molar-refractivity contribution in [3.8, 4) is 16.9 Å². The van der Waals surface area contributed by atoms with Crippen LogP contribution in [-0.2, 0) is 11.3 Å². The number of nitrogens with zero attached hydrogens (tertiary/aromatic N) is 1. The zero-order valence-corrected chi connectivity index (χ0v) is 23.2. The number of ether oxygens (including phenoxy) is 2. The highest BCUT2D eigenvalue weighted by Gasteiger charge is 2.35. The van der Waals surface area contributed by atoms with Gasteiger partial charge in [-0.1, -0.05) is 48.0 Å². The number of amides is 1. The molecule has 1 amide bonds. The average molecular weight is 579 g/mol. The SMILES string of the molecule is CC(C)(C)OC(=O)N1CC[C@H](NCc2cc(-c3ccc(Cl)cc3F)ccc2OC(F)(F)F)[C@H](c2ccccc2)C1. The molecule has 0 saturated carbocycles. The molecule has 1 fully saturated rings. The van der Waals surface area contributed by atoms with Crippen LogP contribution in [0, 0.1) is 5.82 Å². The molecule has 0 spiro atoms. The lowest BCUT2D eigenvalue weighted by molar-refractivity contribution is -0.274. The summed E-state index contributed by atoms with van der Waals surface area (Å²) in [6, 6.07) is 17.6. The van der Waals surface area contributed by atoms with Gasteiger partial charge in [-0.2, -0.15) is 0 Å². The molecule has 5 nitrogen and oxygen atoms in total. The van der Waals surface area contributed by atoms with Crippen LogP contribution in [0.25, 0.3) is 11.1 Å². The molecular weight excluding hydrogens is 548 g/mol. The van der Waals surface area contributed by atoms with Gasteiger partial charge in [0.1, 0.15) is 17.2 Å². The molecule has 0 unspecified atom stereocenters. The molecule has 1 saturated heterocycles. The lowest BCUT2D eigenvalue weighted by atomic mass is 9.86. The van der Waals surface area contributed by atoms with Crippen molar-refractivity contribution in [2.75, 3.05) is 13.1 Å². The van der Waals surface area contributed by atoms with Gasteiger partial charge < -0.3 is 19.7 Å². The van der Waals surface area contributed by atoms with E-state index in [0.29, 0.717) is 25.1 Å². The highest BCUT2D eigenvalue weighted by atomic mass is 35.5. The van der Waals surface area contributed by atoms with Crippen LogP contribution in [0.4, 0.5) is 22.4 Å². The van der Waals surface area contributed by atoms with Gasteiger partial charge in [-0.3, -0.25) is 0 Å². The second-order valence-corrected chi connectivity index (χ2v) is 11.2. The summed E-state index contributed by atoms with van der Waals surface area (Å²) in [6.07, 6.45) is -4.77. The van der Waals surface area contributed by atoms with E-state index in [0.717, 1.165) is 11.6 Å². The summed E-state index contributed by atoms with van der Waals surface area (Å²) in [7, 11) is 0. The monoisotopic (exact) mass is 578 g/mol. The first-order chi connectivity index (χ1) is 18.8. The van der Waals surface area contributed by atoms with Gasteiger partial charge in [-0.05, 0) is 68.7 Å². The molecular formula is C30H31ClF4N2O3. The molecule has 3 aromatic carbocycles. The van der Waals surface area contributed by atoms with Crippen molar-refractivity contribution in [2.24, 2.45) is 0 Å². The molecule has 0 aliphatic carbocycles. The van der Waals surface area contributed by atoms with E-state index in [1.54, 1.807) is 25.7 Å². The number of hydrogen-bond donors (Lipinski definition) is 1. The smallest absolute Gasteiger partial charge is 0.444 e. The van der Waals surface area contributed by atoms with Gasteiger partial charge in [0.05, 0.1) is 0 Å². The van der Waals surface area contributed by atoms with Crippen LogP contribution >= 0.6 is 11.6 Å². The van der Waals surface area contributed by atoms with Crippen LogP contribution in [0.3, 0.4) is 0 Å². The third-order valence-electron chi connectivity index (χ3n) is 6.58. The Bertz CT molecular complexity index is 1330. The zero-order chi connectivity index (χ0) is 29.1. The highest BCUT2D eigenvalue weighted by Crippen LogP contribution is 2.34. The first kappa shape index (κ1) is 29.7. The maximum Gasteiger partial charge on any atom is 0.573 e. The Hall–Kier alpha value is -3.30. The summed E-state index contributed by atoms with van der Waals surface area (Å²) in [4.78, 5) is 14.5. The number of piperidine rings is 1. The van der Waals surface area contributed by atoms with Gasteiger partial charge >= 0.3 is 12.5 Å². The summed E-state index contributed by atoms with van der Waals surface area (Å²) in [5, 5.41) is 3.59. The van der Waals surface area contributed by atoms with Gasteiger partial charge in [0.25, 0.3) is 0 Å². The topological polar surface area (TPSA) is 50.8 Å². The number of halogens is 5. The maximum atomic E-state index is 14.6. The first-order valence-corrected chi connectivity index (χ1v) is 13.3. The van der Waals surface area contributed by atoms with E-state index in [1.807, 2.05) is 30.3 Å². The van der Waals surface area contributed by atoms with E-state index in [2.05, 4.69) is 10.1 Å². The number of carbonyl (C=O) groups excluding carboxylic acids is 1. The lowest BCUT2D eigenvalue weighted by Gasteiger charge is -2.40. The second-order valence-electron chi connectivity index (χ2n) is 10.7. The van der Waals surface area contributed by atoms with Crippen molar-refractivity contribution >= 4 is 17.7 Å². The molecule has 0 bridgehead atoms. The predicted molar refractivity (Wildman–Crippen MR) is 146 cm³/mol. The van der Waals surface area contributed by atoms with Crippen molar-refractivity contribution in [1.82, 2.24) is 10.2 Å². The molecule has 1 aliphatic rings. The van der Waals surface area contributed by atoms with Gasteiger partial charge in [0.15, 0.2) is 0 Å². The number of nitrogens with one attached hydrogen (secondary N) is 1. The van der Waals surface area contributed by atoms with Crippen LogP contribution in [0.5, 0.6) is 5.75 Å². The van der Waals surface area contributed by atoms with Crippen molar-refractivity contribution in [3.05, 3.63) is 88.7 Å². The van der Waals surface area contributed by atoms with Crippen molar-refractivity contribution in [3.63, 3.8) is 0 Å². The van der Waals surface area contributed by atoms with E-state index >= 15 is 0 Å². The molecule has 0 radical (unpaired) electrons. The van der Waals surface area contributed by atoms with E-state index in [-0.39, 0.29) is 40.4 Å². The molecule has 3 aromatic rings. The number of alkyl halides is 3. The van der Waals surface area contributed by atoms with Crippen molar-refractivity contribution in [2.45, 2.75) is 57.7 Å². The average Bonchev–Trinajstić information content (AvgIpc) is 2.87. The summed E-state index contributed by atoms with van der Waals surface area (Å²) < 4.78 is 64.1. The lowest BCUT2D eigenvalue weighted by Crippen LogP contribution is -2.50. The summed E-state index contributed by atoms with van der Waals surface area (Å²) >= 11 is 5.87. The summed E-state index contributed by atoms with van der Waals surface area (Å²) in [5.74, 6) is -1.11.